The number of hydrogen-bond donors (Lipinski definition) is 1. The molecule has 0 spiro atoms. The maximum absolute atomic E-state index is 11.4. The van der Waals surface area contributed by atoms with E-state index >= 15 is 0 Å². The molecule has 0 aliphatic carbocycles. The molecule has 1 aromatic carbocycles. The number of anilines is 1. The Morgan fingerprint density at radius 2 is 2.00 bits per heavy atom. The van der Waals surface area contributed by atoms with Crippen molar-refractivity contribution in [1.82, 2.24) is 9.78 Å². The van der Waals surface area contributed by atoms with E-state index in [2.05, 4.69) is 10.4 Å². The summed E-state index contributed by atoms with van der Waals surface area (Å²) in [5, 5.41) is 7.62. The highest BCUT2D eigenvalue weighted by molar-refractivity contribution is 7.91. The van der Waals surface area contributed by atoms with Gasteiger partial charge in [-0.3, -0.25) is 0 Å². The fourth-order valence-corrected chi connectivity index (χ4v) is 3.92. The Morgan fingerprint density at radius 1 is 1.20 bits per heavy atom. The number of nitrogens with one attached hydrogen (secondary N) is 1. The highest BCUT2D eigenvalue weighted by Gasteiger charge is 2.23. The van der Waals surface area contributed by atoms with E-state index in [0.29, 0.717) is 12.8 Å². The average molecular weight is 291 g/mol. The summed E-state index contributed by atoms with van der Waals surface area (Å²) < 4.78 is 24.6. The zero-order chi connectivity index (χ0) is 14.0. The van der Waals surface area contributed by atoms with E-state index in [9.17, 15) is 8.42 Å². The maximum atomic E-state index is 11.4. The van der Waals surface area contributed by atoms with E-state index in [1.165, 1.54) is 0 Å². The van der Waals surface area contributed by atoms with Gasteiger partial charge in [0.1, 0.15) is 9.84 Å². The minimum atomic E-state index is -2.81. The average Bonchev–Trinajstić information content (AvgIpc) is 2.96. The molecular weight excluding hydrogens is 274 g/mol. The summed E-state index contributed by atoms with van der Waals surface area (Å²) in [6, 6.07) is 10.1. The third-order valence-electron chi connectivity index (χ3n) is 3.54. The molecular formula is C14H17N3O2S. The molecule has 20 heavy (non-hydrogen) atoms. The number of benzene rings is 1. The molecule has 1 aromatic heterocycles. The summed E-state index contributed by atoms with van der Waals surface area (Å²) in [6.07, 6.45) is 4.99. The molecule has 0 radical (unpaired) electrons. The maximum Gasteiger partial charge on any atom is 0.150 e. The summed E-state index contributed by atoms with van der Waals surface area (Å²) in [7, 11) is -2.81. The molecule has 3 rings (SSSR count). The van der Waals surface area contributed by atoms with Crippen LogP contribution in [0.4, 0.5) is 5.69 Å². The minimum absolute atomic E-state index is 0.228. The number of hydrogen-bond acceptors (Lipinski definition) is 4. The lowest BCUT2D eigenvalue weighted by Crippen LogP contribution is -2.32. The van der Waals surface area contributed by atoms with Crippen LogP contribution in [0, 0.1) is 0 Å². The zero-order valence-electron chi connectivity index (χ0n) is 11.1. The van der Waals surface area contributed by atoms with Gasteiger partial charge in [-0.1, -0.05) is 6.07 Å². The lowest BCUT2D eigenvalue weighted by Gasteiger charge is -2.24. The van der Waals surface area contributed by atoms with Crippen molar-refractivity contribution in [2.24, 2.45) is 0 Å². The zero-order valence-corrected chi connectivity index (χ0v) is 11.9. The predicted octanol–water partition coefficient (Wildman–Crippen LogP) is 1.86. The van der Waals surface area contributed by atoms with Crippen molar-refractivity contribution in [3.8, 4) is 5.69 Å². The second kappa shape index (κ2) is 5.28. The van der Waals surface area contributed by atoms with E-state index in [1.807, 2.05) is 36.5 Å². The van der Waals surface area contributed by atoms with Crippen LogP contribution in [0.1, 0.15) is 12.8 Å². The third kappa shape index (κ3) is 3.01. The molecule has 1 aliphatic heterocycles. The van der Waals surface area contributed by atoms with E-state index in [0.717, 1.165) is 11.4 Å². The molecule has 1 saturated heterocycles. The number of rotatable bonds is 3. The van der Waals surface area contributed by atoms with Gasteiger partial charge in [0.05, 0.1) is 17.2 Å². The molecule has 2 aromatic rings. The molecule has 0 saturated carbocycles. The number of aromatic nitrogens is 2. The van der Waals surface area contributed by atoms with Crippen LogP contribution >= 0.6 is 0 Å². The van der Waals surface area contributed by atoms with Gasteiger partial charge in [0.25, 0.3) is 0 Å². The van der Waals surface area contributed by atoms with Gasteiger partial charge in [0, 0.05) is 24.1 Å². The molecule has 106 valence electrons. The monoisotopic (exact) mass is 291 g/mol. The van der Waals surface area contributed by atoms with Gasteiger partial charge in [-0.2, -0.15) is 5.10 Å². The van der Waals surface area contributed by atoms with E-state index < -0.39 is 9.84 Å². The van der Waals surface area contributed by atoms with Gasteiger partial charge in [0.15, 0.2) is 0 Å². The van der Waals surface area contributed by atoms with E-state index in [1.54, 1.807) is 10.9 Å². The first-order valence-electron chi connectivity index (χ1n) is 6.69. The topological polar surface area (TPSA) is 64.0 Å². The van der Waals surface area contributed by atoms with Crippen molar-refractivity contribution in [2.45, 2.75) is 18.9 Å². The Hall–Kier alpha value is -1.82. The van der Waals surface area contributed by atoms with E-state index in [-0.39, 0.29) is 17.5 Å². The fraction of sp³-hybridized carbons (Fsp3) is 0.357. The van der Waals surface area contributed by atoms with Crippen LogP contribution in [0.5, 0.6) is 0 Å². The minimum Gasteiger partial charge on any atom is -0.382 e. The smallest absolute Gasteiger partial charge is 0.150 e. The van der Waals surface area contributed by atoms with Crippen molar-refractivity contribution in [3.05, 3.63) is 42.7 Å². The second-order valence-electron chi connectivity index (χ2n) is 5.07. The summed E-state index contributed by atoms with van der Waals surface area (Å²) in [6.45, 7) is 0. The third-order valence-corrected chi connectivity index (χ3v) is 5.26. The van der Waals surface area contributed by atoms with Gasteiger partial charge < -0.3 is 5.32 Å². The second-order valence-corrected chi connectivity index (χ2v) is 7.38. The molecule has 1 N–H and O–H groups in total. The Kier molecular flexibility index (Phi) is 3.48. The summed E-state index contributed by atoms with van der Waals surface area (Å²) in [4.78, 5) is 0. The normalized spacial score (nSPS) is 18.8. The van der Waals surface area contributed by atoms with Crippen molar-refractivity contribution < 1.29 is 8.42 Å². The quantitative estimate of drug-likeness (QED) is 0.937. The first-order chi connectivity index (χ1) is 9.62. The first kappa shape index (κ1) is 13.2. The van der Waals surface area contributed by atoms with Crippen LogP contribution < -0.4 is 5.32 Å². The highest BCUT2D eigenvalue weighted by Crippen LogP contribution is 2.20. The number of nitrogens with zero attached hydrogens (tertiary/aromatic N) is 2. The summed E-state index contributed by atoms with van der Waals surface area (Å²) in [5.41, 5.74) is 1.99. The lowest BCUT2D eigenvalue weighted by atomic mass is 10.1. The van der Waals surface area contributed by atoms with Gasteiger partial charge in [0.2, 0.25) is 0 Å². The van der Waals surface area contributed by atoms with Crippen molar-refractivity contribution in [2.75, 3.05) is 16.8 Å². The molecule has 1 fully saturated rings. The van der Waals surface area contributed by atoms with Crippen molar-refractivity contribution in [1.29, 1.82) is 0 Å². The molecule has 0 unspecified atom stereocenters. The lowest BCUT2D eigenvalue weighted by molar-refractivity contribution is 0.559. The van der Waals surface area contributed by atoms with E-state index in [4.69, 9.17) is 0 Å². The van der Waals surface area contributed by atoms with Crippen LogP contribution in [0.15, 0.2) is 42.7 Å². The van der Waals surface area contributed by atoms with Crippen molar-refractivity contribution >= 4 is 15.5 Å². The summed E-state index contributed by atoms with van der Waals surface area (Å²) >= 11 is 0. The highest BCUT2D eigenvalue weighted by atomic mass is 32.2. The molecule has 6 heteroatoms. The Morgan fingerprint density at radius 3 is 2.70 bits per heavy atom. The van der Waals surface area contributed by atoms with Gasteiger partial charge in [-0.25, -0.2) is 13.1 Å². The molecule has 1 aliphatic rings. The van der Waals surface area contributed by atoms with Crippen LogP contribution in [0.3, 0.4) is 0 Å². The standard InChI is InChI=1S/C14H17N3O2S/c18-20(19)9-5-12(6-10-20)16-13-3-1-4-14(11-13)17-8-2-7-15-17/h1-4,7-8,11-12,16H,5-6,9-10H2. The number of sulfone groups is 1. The molecule has 2 heterocycles. The molecule has 5 nitrogen and oxygen atoms in total. The van der Waals surface area contributed by atoms with Crippen LogP contribution in [-0.4, -0.2) is 35.7 Å². The molecule has 0 bridgehead atoms. The van der Waals surface area contributed by atoms with Gasteiger partial charge >= 0.3 is 0 Å². The van der Waals surface area contributed by atoms with Crippen LogP contribution in [-0.2, 0) is 9.84 Å². The largest absolute Gasteiger partial charge is 0.382 e. The van der Waals surface area contributed by atoms with Gasteiger partial charge in [-0.15, -0.1) is 0 Å². The SMILES string of the molecule is O=S1(=O)CCC(Nc2cccc(-n3cccn3)c2)CC1. The Balaban J connectivity index is 1.71. The first-order valence-corrected chi connectivity index (χ1v) is 8.52. The fourth-order valence-electron chi connectivity index (χ4n) is 2.43. The molecule has 0 amide bonds. The predicted molar refractivity (Wildman–Crippen MR) is 78.9 cm³/mol. The Bertz CT molecular complexity index is 666. The van der Waals surface area contributed by atoms with Crippen LogP contribution in [0.25, 0.3) is 5.69 Å². The molecule has 0 atom stereocenters. The van der Waals surface area contributed by atoms with Crippen molar-refractivity contribution in [3.63, 3.8) is 0 Å². The van der Waals surface area contributed by atoms with Crippen LogP contribution in [0.2, 0.25) is 0 Å². The summed E-state index contributed by atoms with van der Waals surface area (Å²) in [5.74, 6) is 0.563. The van der Waals surface area contributed by atoms with Gasteiger partial charge in [-0.05, 0) is 37.1 Å². The Labute approximate surface area is 118 Å².